The van der Waals surface area contributed by atoms with Gasteiger partial charge in [0.05, 0.1) is 28.3 Å². The molecule has 1 aliphatic rings. The van der Waals surface area contributed by atoms with E-state index in [9.17, 15) is 14.9 Å². The second-order valence-corrected chi connectivity index (χ2v) is 9.91. The van der Waals surface area contributed by atoms with Crippen molar-refractivity contribution in [2.45, 2.75) is 19.4 Å². The van der Waals surface area contributed by atoms with E-state index in [4.69, 9.17) is 11.6 Å². The fraction of sp³-hybridized carbons (Fsp3) is 0.138. The Labute approximate surface area is 229 Å². The number of benzene rings is 3. The third-order valence-corrected chi connectivity index (χ3v) is 7.16. The number of nitrogens with zero attached hydrogens (tertiary/aromatic N) is 1. The molecule has 6 nitrogen and oxygen atoms in total. The molecule has 192 valence electrons. The molecule has 0 fully saturated rings. The fourth-order valence-corrected chi connectivity index (χ4v) is 5.11. The maximum absolute atomic E-state index is 15.0. The second-order valence-electron chi connectivity index (χ2n) is 8.48. The quantitative estimate of drug-likeness (QED) is 0.329. The number of nitrogens with one attached hydrogen (secondary N) is 3. The Morgan fingerprint density at radius 2 is 1.74 bits per heavy atom. The molecular formula is C29H24ClFN4O2S. The first-order valence-electron chi connectivity index (χ1n) is 11.7. The van der Waals surface area contributed by atoms with E-state index >= 15 is 4.39 Å². The van der Waals surface area contributed by atoms with Crippen LogP contribution >= 0.6 is 23.4 Å². The van der Waals surface area contributed by atoms with E-state index < -0.39 is 17.6 Å². The molecule has 9 heteroatoms. The number of hydrogen-bond acceptors (Lipinski definition) is 5. The topological polar surface area (TPSA) is 94.0 Å². The number of amides is 2. The summed E-state index contributed by atoms with van der Waals surface area (Å²) in [5, 5.41) is 19.8. The van der Waals surface area contributed by atoms with Crippen molar-refractivity contribution in [2.75, 3.05) is 11.1 Å². The van der Waals surface area contributed by atoms with Crippen molar-refractivity contribution < 1.29 is 14.0 Å². The number of thioether (sulfide) groups is 1. The minimum atomic E-state index is -0.968. The highest BCUT2D eigenvalue weighted by atomic mass is 35.5. The lowest BCUT2D eigenvalue weighted by Crippen LogP contribution is -2.32. The van der Waals surface area contributed by atoms with Gasteiger partial charge in [-0.2, -0.15) is 5.26 Å². The van der Waals surface area contributed by atoms with Crippen molar-refractivity contribution in [2.24, 2.45) is 0 Å². The second kappa shape index (κ2) is 12.5. The van der Waals surface area contributed by atoms with Crippen LogP contribution in [-0.4, -0.2) is 17.6 Å². The van der Waals surface area contributed by atoms with Crippen LogP contribution in [0, 0.1) is 17.1 Å². The highest BCUT2D eigenvalue weighted by Crippen LogP contribution is 2.41. The molecule has 0 radical (unpaired) electrons. The molecule has 2 amide bonds. The molecule has 3 aromatic carbocycles. The van der Waals surface area contributed by atoms with Gasteiger partial charge >= 0.3 is 0 Å². The summed E-state index contributed by atoms with van der Waals surface area (Å²) in [6.45, 7) is 2.07. The van der Waals surface area contributed by atoms with E-state index in [1.807, 2.05) is 30.3 Å². The SMILES string of the molecule is CC1=C(C(=O)Nc2ccc(Cl)cc2)C(c2ccccc2F)C(C#N)=C(SCC(=O)NCc2ccccc2)N1. The Kier molecular flexibility index (Phi) is 8.85. The van der Waals surface area contributed by atoms with Crippen LogP contribution in [0.5, 0.6) is 0 Å². The van der Waals surface area contributed by atoms with Gasteiger partial charge in [0.15, 0.2) is 0 Å². The highest BCUT2D eigenvalue weighted by molar-refractivity contribution is 8.03. The normalized spacial score (nSPS) is 14.9. The molecule has 0 aromatic heterocycles. The smallest absolute Gasteiger partial charge is 0.254 e. The molecule has 0 bridgehead atoms. The maximum Gasteiger partial charge on any atom is 0.254 e. The molecule has 1 heterocycles. The zero-order chi connectivity index (χ0) is 27.1. The van der Waals surface area contributed by atoms with E-state index in [1.165, 1.54) is 6.07 Å². The Morgan fingerprint density at radius 3 is 2.42 bits per heavy atom. The average molecular weight is 547 g/mol. The predicted molar refractivity (Wildman–Crippen MR) is 148 cm³/mol. The third-order valence-electron chi connectivity index (χ3n) is 5.89. The lowest BCUT2D eigenvalue weighted by Gasteiger charge is -2.30. The van der Waals surface area contributed by atoms with Gasteiger partial charge in [-0.1, -0.05) is 71.9 Å². The van der Waals surface area contributed by atoms with Gasteiger partial charge in [0, 0.05) is 34.1 Å². The zero-order valence-electron chi connectivity index (χ0n) is 20.4. The van der Waals surface area contributed by atoms with E-state index in [2.05, 4.69) is 22.0 Å². The van der Waals surface area contributed by atoms with Gasteiger partial charge in [0.25, 0.3) is 5.91 Å². The van der Waals surface area contributed by atoms with Crippen LogP contribution in [0.4, 0.5) is 10.1 Å². The Balaban J connectivity index is 1.60. The number of allylic oxidation sites excluding steroid dienone is 2. The zero-order valence-corrected chi connectivity index (χ0v) is 22.0. The van der Waals surface area contributed by atoms with E-state index in [0.717, 1.165) is 17.3 Å². The summed E-state index contributed by atoms with van der Waals surface area (Å²) >= 11 is 7.08. The molecule has 38 heavy (non-hydrogen) atoms. The number of dihydropyridines is 1. The van der Waals surface area contributed by atoms with Crippen LogP contribution in [0.2, 0.25) is 5.02 Å². The first-order valence-corrected chi connectivity index (χ1v) is 13.1. The lowest BCUT2D eigenvalue weighted by molar-refractivity contribution is -0.118. The van der Waals surface area contributed by atoms with Crippen LogP contribution < -0.4 is 16.0 Å². The van der Waals surface area contributed by atoms with Crippen molar-refractivity contribution >= 4 is 40.9 Å². The van der Waals surface area contributed by atoms with Crippen molar-refractivity contribution in [1.29, 1.82) is 5.26 Å². The Morgan fingerprint density at radius 1 is 1.05 bits per heavy atom. The number of hydrogen-bond donors (Lipinski definition) is 3. The van der Waals surface area contributed by atoms with E-state index in [-0.39, 0.29) is 28.4 Å². The maximum atomic E-state index is 15.0. The predicted octanol–water partition coefficient (Wildman–Crippen LogP) is 5.86. The van der Waals surface area contributed by atoms with Crippen molar-refractivity contribution in [1.82, 2.24) is 10.6 Å². The molecule has 3 N–H and O–H groups in total. The number of halogens is 2. The third kappa shape index (κ3) is 6.43. The van der Waals surface area contributed by atoms with Crippen LogP contribution in [-0.2, 0) is 16.1 Å². The minimum Gasteiger partial charge on any atom is -0.353 e. The summed E-state index contributed by atoms with van der Waals surface area (Å²) in [6, 6.07) is 24.3. The summed E-state index contributed by atoms with van der Waals surface area (Å²) in [5.74, 6) is -2.18. The summed E-state index contributed by atoms with van der Waals surface area (Å²) in [4.78, 5) is 26.0. The molecule has 4 rings (SSSR count). The standard InChI is InChI=1S/C29H24ClFN4O2S/c1-18-26(28(37)35-21-13-11-20(30)12-14-21)27(22-9-5-6-10-24(22)31)23(15-32)29(34-18)38-17-25(36)33-16-19-7-3-2-4-8-19/h2-14,27,34H,16-17H2,1H3,(H,33,36)(H,35,37). The molecular weight excluding hydrogens is 523 g/mol. The number of rotatable bonds is 8. The van der Waals surface area contributed by atoms with Gasteiger partial charge in [-0.05, 0) is 42.8 Å². The minimum absolute atomic E-state index is 0.0317. The number of nitriles is 1. The molecule has 0 saturated carbocycles. The molecule has 0 spiro atoms. The van der Waals surface area contributed by atoms with Gasteiger partial charge in [-0.3, -0.25) is 9.59 Å². The van der Waals surface area contributed by atoms with Gasteiger partial charge in [-0.15, -0.1) is 0 Å². The number of anilines is 1. The molecule has 1 unspecified atom stereocenters. The van der Waals surface area contributed by atoms with Crippen LogP contribution in [0.15, 0.2) is 101 Å². The molecule has 1 aliphatic heterocycles. The van der Waals surface area contributed by atoms with Crippen LogP contribution in [0.3, 0.4) is 0 Å². The fourth-order valence-electron chi connectivity index (χ4n) is 4.06. The molecule has 1 atom stereocenters. The van der Waals surface area contributed by atoms with E-state index in [1.54, 1.807) is 49.4 Å². The molecule has 3 aromatic rings. The van der Waals surface area contributed by atoms with Crippen LogP contribution in [0.25, 0.3) is 0 Å². The monoisotopic (exact) mass is 546 g/mol. The van der Waals surface area contributed by atoms with Crippen molar-refractivity contribution in [3.05, 3.63) is 123 Å². The largest absolute Gasteiger partial charge is 0.353 e. The first kappa shape index (κ1) is 27.0. The van der Waals surface area contributed by atoms with Gasteiger partial charge in [0.1, 0.15) is 5.82 Å². The van der Waals surface area contributed by atoms with Gasteiger partial charge in [-0.25, -0.2) is 4.39 Å². The highest BCUT2D eigenvalue weighted by Gasteiger charge is 2.36. The Hall–Kier alpha value is -4.06. The number of carbonyl (C=O) groups excluding carboxylic acids is 2. The Bertz CT molecular complexity index is 1450. The first-order chi connectivity index (χ1) is 18.4. The van der Waals surface area contributed by atoms with E-state index in [0.29, 0.717) is 28.0 Å². The van der Waals surface area contributed by atoms with Crippen LogP contribution in [0.1, 0.15) is 24.0 Å². The van der Waals surface area contributed by atoms with Crippen molar-refractivity contribution in [3.8, 4) is 6.07 Å². The van der Waals surface area contributed by atoms with Crippen molar-refractivity contribution in [3.63, 3.8) is 0 Å². The van der Waals surface area contributed by atoms with Gasteiger partial charge < -0.3 is 16.0 Å². The summed E-state index contributed by atoms with van der Waals surface area (Å²) < 4.78 is 15.0. The summed E-state index contributed by atoms with van der Waals surface area (Å²) in [7, 11) is 0. The van der Waals surface area contributed by atoms with Gasteiger partial charge in [0.2, 0.25) is 5.91 Å². The molecule has 0 saturated heterocycles. The summed E-state index contributed by atoms with van der Waals surface area (Å²) in [5.41, 5.74) is 2.48. The summed E-state index contributed by atoms with van der Waals surface area (Å²) in [6.07, 6.45) is 0. The molecule has 0 aliphatic carbocycles. The average Bonchev–Trinajstić information content (AvgIpc) is 2.92. The number of carbonyl (C=O) groups is 2. The lowest BCUT2D eigenvalue weighted by atomic mass is 9.82.